The molecule has 0 saturated heterocycles. The third-order valence-corrected chi connectivity index (χ3v) is 2.69. The molecule has 0 aromatic carbocycles. The Morgan fingerprint density at radius 1 is 1.69 bits per heavy atom. The number of carbonyl (C=O) groups is 1. The van der Waals surface area contributed by atoms with Crippen LogP contribution in [-0.2, 0) is 13.6 Å². The summed E-state index contributed by atoms with van der Waals surface area (Å²) in [4.78, 5) is 11.7. The van der Waals surface area contributed by atoms with E-state index in [0.29, 0.717) is 22.6 Å². The van der Waals surface area contributed by atoms with Gasteiger partial charge >= 0.3 is 0 Å². The van der Waals surface area contributed by atoms with Gasteiger partial charge in [-0.25, -0.2) is 0 Å². The van der Waals surface area contributed by atoms with Crippen molar-refractivity contribution in [3.63, 3.8) is 0 Å². The number of nitrogens with one attached hydrogen (secondary N) is 1. The van der Waals surface area contributed by atoms with Crippen molar-refractivity contribution in [2.24, 2.45) is 7.05 Å². The zero-order chi connectivity index (χ0) is 11.5. The number of hydrogen-bond donors (Lipinski definition) is 1. The predicted molar refractivity (Wildman–Crippen MR) is 58.6 cm³/mol. The summed E-state index contributed by atoms with van der Waals surface area (Å²) < 4.78 is 7.13. The second-order valence-corrected chi connectivity index (χ2v) is 3.87. The quantitative estimate of drug-likeness (QED) is 0.916. The Morgan fingerprint density at radius 2 is 2.50 bits per heavy atom. The fraction of sp³-hybridized carbons (Fsp3) is 0.222. The number of furan rings is 1. The second kappa shape index (κ2) is 4.48. The van der Waals surface area contributed by atoms with Crippen LogP contribution < -0.4 is 5.32 Å². The van der Waals surface area contributed by atoms with E-state index in [1.165, 1.54) is 6.26 Å². The van der Waals surface area contributed by atoms with E-state index in [2.05, 4.69) is 31.4 Å². The Labute approximate surface area is 99.8 Å². The minimum atomic E-state index is -0.219. The number of nitrogens with zero attached hydrogens (tertiary/aromatic N) is 3. The average Bonchev–Trinajstić information content (AvgIpc) is 2.84. The van der Waals surface area contributed by atoms with Gasteiger partial charge in [0.2, 0.25) is 0 Å². The van der Waals surface area contributed by atoms with Crippen molar-refractivity contribution in [3.8, 4) is 0 Å². The van der Waals surface area contributed by atoms with E-state index in [-0.39, 0.29) is 5.91 Å². The van der Waals surface area contributed by atoms with Gasteiger partial charge < -0.3 is 14.3 Å². The first-order chi connectivity index (χ1) is 7.68. The molecule has 16 heavy (non-hydrogen) atoms. The highest BCUT2D eigenvalue weighted by Crippen LogP contribution is 2.17. The highest BCUT2D eigenvalue weighted by Gasteiger charge is 2.12. The molecule has 2 heterocycles. The summed E-state index contributed by atoms with van der Waals surface area (Å²) in [6, 6.07) is 1.59. The Bertz CT molecular complexity index is 505. The molecule has 0 radical (unpaired) electrons. The Kier molecular flexibility index (Phi) is 3.04. The first-order valence-electron chi connectivity index (χ1n) is 4.52. The summed E-state index contributed by atoms with van der Waals surface area (Å²) in [7, 11) is 1.81. The lowest BCUT2D eigenvalue weighted by molar-refractivity contribution is 0.0948. The van der Waals surface area contributed by atoms with Crippen LogP contribution in [0.5, 0.6) is 0 Å². The molecule has 7 heteroatoms. The molecule has 6 nitrogen and oxygen atoms in total. The van der Waals surface area contributed by atoms with Crippen LogP contribution in [0.15, 0.2) is 27.7 Å². The summed E-state index contributed by atoms with van der Waals surface area (Å²) in [5.74, 6) is 0.469. The molecule has 84 valence electrons. The van der Waals surface area contributed by atoms with E-state index in [9.17, 15) is 4.79 Å². The largest absolute Gasteiger partial charge is 0.457 e. The summed E-state index contributed by atoms with van der Waals surface area (Å²) in [6.07, 6.45) is 3.02. The number of carbonyl (C=O) groups excluding carboxylic acids is 1. The number of amides is 1. The van der Waals surface area contributed by atoms with Crippen molar-refractivity contribution in [1.29, 1.82) is 0 Å². The van der Waals surface area contributed by atoms with Crippen LogP contribution in [-0.4, -0.2) is 20.7 Å². The minimum Gasteiger partial charge on any atom is -0.457 e. The van der Waals surface area contributed by atoms with E-state index in [1.807, 2.05) is 7.05 Å². The third kappa shape index (κ3) is 2.13. The van der Waals surface area contributed by atoms with Crippen molar-refractivity contribution < 1.29 is 9.21 Å². The van der Waals surface area contributed by atoms with Crippen molar-refractivity contribution >= 4 is 21.8 Å². The van der Waals surface area contributed by atoms with Crippen molar-refractivity contribution in [3.05, 3.63) is 34.7 Å². The molecule has 0 aliphatic carbocycles. The van der Waals surface area contributed by atoms with E-state index in [1.54, 1.807) is 17.0 Å². The number of aromatic nitrogens is 3. The molecule has 0 fully saturated rings. The SMILES string of the molecule is Cn1cnnc1CNC(=O)c1ccoc1Br. The molecule has 0 spiro atoms. The zero-order valence-corrected chi connectivity index (χ0v) is 10.1. The van der Waals surface area contributed by atoms with Gasteiger partial charge in [0.15, 0.2) is 10.5 Å². The molecule has 0 atom stereocenters. The molecule has 2 rings (SSSR count). The van der Waals surface area contributed by atoms with Gasteiger partial charge in [0.05, 0.1) is 18.4 Å². The Morgan fingerprint density at radius 3 is 3.06 bits per heavy atom. The van der Waals surface area contributed by atoms with Crippen LogP contribution in [0, 0.1) is 0 Å². The summed E-state index contributed by atoms with van der Waals surface area (Å²) in [5.41, 5.74) is 0.460. The summed E-state index contributed by atoms with van der Waals surface area (Å²) in [5, 5.41) is 10.3. The van der Waals surface area contributed by atoms with Crippen LogP contribution in [0.2, 0.25) is 0 Å². The lowest BCUT2D eigenvalue weighted by Crippen LogP contribution is -2.24. The molecular formula is C9H9BrN4O2. The number of halogens is 1. The maximum absolute atomic E-state index is 11.7. The van der Waals surface area contributed by atoms with Crippen LogP contribution in [0.4, 0.5) is 0 Å². The van der Waals surface area contributed by atoms with E-state index >= 15 is 0 Å². The van der Waals surface area contributed by atoms with Gasteiger partial charge in [-0.3, -0.25) is 4.79 Å². The lowest BCUT2D eigenvalue weighted by atomic mass is 10.3. The summed E-state index contributed by atoms with van der Waals surface area (Å²) >= 11 is 3.14. The number of rotatable bonds is 3. The van der Waals surface area contributed by atoms with E-state index in [4.69, 9.17) is 4.42 Å². The van der Waals surface area contributed by atoms with Crippen molar-refractivity contribution in [1.82, 2.24) is 20.1 Å². The molecule has 0 unspecified atom stereocenters. The lowest BCUT2D eigenvalue weighted by Gasteiger charge is -2.02. The van der Waals surface area contributed by atoms with Gasteiger partial charge in [-0.2, -0.15) is 0 Å². The van der Waals surface area contributed by atoms with Gasteiger partial charge in [-0.15, -0.1) is 10.2 Å². The van der Waals surface area contributed by atoms with Gasteiger partial charge in [-0.05, 0) is 22.0 Å². The van der Waals surface area contributed by atoms with E-state index < -0.39 is 0 Å². The second-order valence-electron chi connectivity index (χ2n) is 3.15. The van der Waals surface area contributed by atoms with Gasteiger partial charge in [-0.1, -0.05) is 0 Å². The topological polar surface area (TPSA) is 73.0 Å². The monoisotopic (exact) mass is 284 g/mol. The Hall–Kier alpha value is -1.63. The molecule has 0 aliphatic rings. The first-order valence-corrected chi connectivity index (χ1v) is 5.32. The van der Waals surface area contributed by atoms with E-state index in [0.717, 1.165) is 0 Å². The number of hydrogen-bond acceptors (Lipinski definition) is 4. The predicted octanol–water partition coefficient (Wildman–Crippen LogP) is 1.10. The summed E-state index contributed by atoms with van der Waals surface area (Å²) in [6.45, 7) is 0.326. The highest BCUT2D eigenvalue weighted by atomic mass is 79.9. The van der Waals surface area contributed by atoms with Crippen molar-refractivity contribution in [2.45, 2.75) is 6.54 Å². The number of aryl methyl sites for hydroxylation is 1. The first kappa shape index (κ1) is 10.9. The van der Waals surface area contributed by atoms with Gasteiger partial charge in [0, 0.05) is 7.05 Å². The molecule has 0 saturated carbocycles. The molecule has 2 aromatic rings. The van der Waals surface area contributed by atoms with Crippen LogP contribution >= 0.6 is 15.9 Å². The fourth-order valence-corrected chi connectivity index (χ4v) is 1.60. The minimum absolute atomic E-state index is 0.219. The maximum atomic E-state index is 11.7. The maximum Gasteiger partial charge on any atom is 0.256 e. The Balaban J connectivity index is 1.99. The van der Waals surface area contributed by atoms with Gasteiger partial charge in [0.1, 0.15) is 6.33 Å². The fourth-order valence-electron chi connectivity index (χ4n) is 1.18. The average molecular weight is 285 g/mol. The molecule has 0 aliphatic heterocycles. The molecule has 1 N–H and O–H groups in total. The van der Waals surface area contributed by atoms with Gasteiger partial charge in [0.25, 0.3) is 5.91 Å². The molecular weight excluding hydrogens is 276 g/mol. The molecule has 2 aromatic heterocycles. The van der Waals surface area contributed by atoms with Crippen molar-refractivity contribution in [2.75, 3.05) is 0 Å². The normalized spacial score (nSPS) is 10.4. The smallest absolute Gasteiger partial charge is 0.256 e. The standard InChI is InChI=1S/C9H9BrN4O2/c1-14-5-12-13-7(14)4-11-9(15)6-2-3-16-8(6)10/h2-3,5H,4H2,1H3,(H,11,15). The van der Waals surface area contributed by atoms with Crippen LogP contribution in [0.25, 0.3) is 0 Å². The highest BCUT2D eigenvalue weighted by molar-refractivity contribution is 9.10. The zero-order valence-electron chi connectivity index (χ0n) is 8.48. The molecule has 1 amide bonds. The molecule has 0 bridgehead atoms. The third-order valence-electron chi connectivity index (χ3n) is 2.07. The van der Waals surface area contributed by atoms with Crippen LogP contribution in [0.1, 0.15) is 16.2 Å². The van der Waals surface area contributed by atoms with Crippen LogP contribution in [0.3, 0.4) is 0 Å².